The summed E-state index contributed by atoms with van der Waals surface area (Å²) >= 11 is 0. The largest absolute Gasteiger partial charge is 0.487 e. The van der Waals surface area contributed by atoms with Gasteiger partial charge >= 0.3 is 0 Å². The minimum absolute atomic E-state index is 0.0562. The number of aryl methyl sites for hydroxylation is 1. The van der Waals surface area contributed by atoms with Crippen LogP contribution in [0.15, 0.2) is 18.2 Å². The first-order valence-corrected chi connectivity index (χ1v) is 7.24. The molecule has 3 heteroatoms. The number of benzene rings is 1. The van der Waals surface area contributed by atoms with E-state index in [1.807, 2.05) is 13.1 Å². The maximum atomic E-state index is 10.0. The van der Waals surface area contributed by atoms with Crippen molar-refractivity contribution < 1.29 is 9.84 Å². The van der Waals surface area contributed by atoms with E-state index in [2.05, 4.69) is 31.3 Å². The number of aliphatic hydroxyl groups excluding tert-OH is 1. The van der Waals surface area contributed by atoms with E-state index >= 15 is 0 Å². The Labute approximate surface area is 116 Å². The molecule has 0 aromatic heterocycles. The van der Waals surface area contributed by atoms with Crippen LogP contribution < -0.4 is 10.1 Å². The van der Waals surface area contributed by atoms with Crippen molar-refractivity contribution in [3.05, 3.63) is 29.3 Å². The van der Waals surface area contributed by atoms with Crippen LogP contribution in [0.3, 0.4) is 0 Å². The first-order chi connectivity index (χ1) is 9.11. The zero-order valence-corrected chi connectivity index (χ0v) is 12.1. The number of nitrogens with one attached hydrogen (secondary N) is 1. The second-order valence-corrected chi connectivity index (χ2v) is 5.56. The van der Waals surface area contributed by atoms with Gasteiger partial charge in [0, 0.05) is 11.6 Å². The normalized spacial score (nSPS) is 25.1. The molecule has 0 saturated heterocycles. The van der Waals surface area contributed by atoms with E-state index in [1.54, 1.807) is 0 Å². The lowest BCUT2D eigenvalue weighted by Gasteiger charge is -2.29. The summed E-state index contributed by atoms with van der Waals surface area (Å²) in [5.41, 5.74) is 2.40. The maximum absolute atomic E-state index is 10.0. The first-order valence-electron chi connectivity index (χ1n) is 7.24. The standard InChI is InChI=1S/C16H25NO2/c1-11-8-9-15(13(10-11)12(2)17-3)19-16-7-5-4-6-14(16)18/h8-10,12,14,16-18H,4-7H2,1-3H3. The molecule has 19 heavy (non-hydrogen) atoms. The fraction of sp³-hybridized carbons (Fsp3) is 0.625. The van der Waals surface area contributed by atoms with Crippen molar-refractivity contribution in [1.29, 1.82) is 0 Å². The highest BCUT2D eigenvalue weighted by molar-refractivity contribution is 5.39. The molecule has 2 N–H and O–H groups in total. The lowest BCUT2D eigenvalue weighted by atomic mass is 9.94. The van der Waals surface area contributed by atoms with Gasteiger partial charge in [0.05, 0.1) is 6.10 Å². The van der Waals surface area contributed by atoms with Crippen LogP contribution in [-0.2, 0) is 0 Å². The van der Waals surface area contributed by atoms with E-state index in [1.165, 1.54) is 11.1 Å². The quantitative estimate of drug-likeness (QED) is 0.877. The van der Waals surface area contributed by atoms with E-state index in [-0.39, 0.29) is 18.2 Å². The average Bonchev–Trinajstić information content (AvgIpc) is 2.42. The molecule has 0 amide bonds. The molecular formula is C16H25NO2. The van der Waals surface area contributed by atoms with Crippen molar-refractivity contribution in [3.63, 3.8) is 0 Å². The van der Waals surface area contributed by atoms with Crippen molar-refractivity contribution in [2.24, 2.45) is 0 Å². The van der Waals surface area contributed by atoms with Crippen molar-refractivity contribution in [2.45, 2.75) is 57.8 Å². The summed E-state index contributed by atoms with van der Waals surface area (Å²) in [5, 5.41) is 13.3. The second kappa shape index (κ2) is 6.40. The topological polar surface area (TPSA) is 41.5 Å². The monoisotopic (exact) mass is 263 g/mol. The number of ether oxygens (including phenoxy) is 1. The van der Waals surface area contributed by atoms with E-state index in [9.17, 15) is 5.11 Å². The summed E-state index contributed by atoms with van der Waals surface area (Å²) in [6, 6.07) is 6.50. The molecule has 1 aliphatic rings. The maximum Gasteiger partial charge on any atom is 0.124 e. The van der Waals surface area contributed by atoms with Gasteiger partial charge in [-0.05, 0) is 46.2 Å². The summed E-state index contributed by atoms with van der Waals surface area (Å²) in [6.45, 7) is 4.21. The zero-order chi connectivity index (χ0) is 13.8. The Morgan fingerprint density at radius 1 is 1.32 bits per heavy atom. The van der Waals surface area contributed by atoms with Gasteiger partial charge in [0.1, 0.15) is 11.9 Å². The van der Waals surface area contributed by atoms with Gasteiger partial charge in [0.15, 0.2) is 0 Å². The van der Waals surface area contributed by atoms with Crippen LogP contribution in [0.25, 0.3) is 0 Å². The van der Waals surface area contributed by atoms with Gasteiger partial charge < -0.3 is 15.2 Å². The number of aliphatic hydroxyl groups is 1. The highest BCUT2D eigenvalue weighted by Crippen LogP contribution is 2.30. The van der Waals surface area contributed by atoms with Crippen molar-refractivity contribution in [3.8, 4) is 5.75 Å². The van der Waals surface area contributed by atoms with E-state index in [0.29, 0.717) is 0 Å². The molecule has 2 rings (SSSR count). The lowest BCUT2D eigenvalue weighted by Crippen LogP contribution is -2.35. The molecule has 1 saturated carbocycles. The smallest absolute Gasteiger partial charge is 0.124 e. The summed E-state index contributed by atoms with van der Waals surface area (Å²) in [6.07, 6.45) is 3.67. The molecule has 0 radical (unpaired) electrons. The molecule has 0 heterocycles. The number of hydrogen-bond acceptors (Lipinski definition) is 3. The van der Waals surface area contributed by atoms with Crippen LogP contribution in [-0.4, -0.2) is 24.4 Å². The van der Waals surface area contributed by atoms with Gasteiger partial charge in [0.25, 0.3) is 0 Å². The highest BCUT2D eigenvalue weighted by atomic mass is 16.5. The van der Waals surface area contributed by atoms with Gasteiger partial charge in [-0.2, -0.15) is 0 Å². The highest BCUT2D eigenvalue weighted by Gasteiger charge is 2.25. The first kappa shape index (κ1) is 14.4. The van der Waals surface area contributed by atoms with Crippen molar-refractivity contribution >= 4 is 0 Å². The number of hydrogen-bond donors (Lipinski definition) is 2. The summed E-state index contributed by atoms with van der Waals surface area (Å²) in [4.78, 5) is 0. The molecule has 3 atom stereocenters. The molecule has 1 aromatic rings. The third kappa shape index (κ3) is 3.48. The Balaban J connectivity index is 2.18. The Morgan fingerprint density at radius 3 is 2.74 bits per heavy atom. The van der Waals surface area contributed by atoms with Gasteiger partial charge in [-0.25, -0.2) is 0 Å². The van der Waals surface area contributed by atoms with Crippen LogP contribution >= 0.6 is 0 Å². The van der Waals surface area contributed by atoms with Crippen LogP contribution in [0.4, 0.5) is 0 Å². The van der Waals surface area contributed by atoms with Gasteiger partial charge in [-0.3, -0.25) is 0 Å². The lowest BCUT2D eigenvalue weighted by molar-refractivity contribution is 0.00620. The molecule has 106 valence electrons. The van der Waals surface area contributed by atoms with Gasteiger partial charge in [0.2, 0.25) is 0 Å². The van der Waals surface area contributed by atoms with E-state index in [0.717, 1.165) is 31.4 Å². The predicted molar refractivity (Wildman–Crippen MR) is 77.5 cm³/mol. The second-order valence-electron chi connectivity index (χ2n) is 5.56. The van der Waals surface area contributed by atoms with Crippen LogP contribution in [0.5, 0.6) is 5.75 Å². The zero-order valence-electron chi connectivity index (χ0n) is 12.1. The molecule has 1 aliphatic carbocycles. The third-order valence-electron chi connectivity index (χ3n) is 4.01. The summed E-state index contributed by atoms with van der Waals surface area (Å²) in [7, 11) is 1.95. The third-order valence-corrected chi connectivity index (χ3v) is 4.01. The Bertz CT molecular complexity index is 419. The van der Waals surface area contributed by atoms with E-state index < -0.39 is 0 Å². The Hall–Kier alpha value is -1.06. The summed E-state index contributed by atoms with van der Waals surface area (Å²) in [5.74, 6) is 0.901. The molecule has 0 spiro atoms. The number of rotatable bonds is 4. The van der Waals surface area contributed by atoms with E-state index in [4.69, 9.17) is 4.74 Å². The Morgan fingerprint density at radius 2 is 2.05 bits per heavy atom. The fourth-order valence-corrected chi connectivity index (χ4v) is 2.65. The SMILES string of the molecule is CNC(C)c1cc(C)ccc1OC1CCCCC1O. The van der Waals surface area contributed by atoms with Crippen LogP contribution in [0, 0.1) is 6.92 Å². The van der Waals surface area contributed by atoms with Gasteiger partial charge in [-0.1, -0.05) is 24.1 Å². The molecule has 3 nitrogen and oxygen atoms in total. The fourth-order valence-electron chi connectivity index (χ4n) is 2.65. The average molecular weight is 263 g/mol. The molecular weight excluding hydrogens is 238 g/mol. The van der Waals surface area contributed by atoms with Gasteiger partial charge in [-0.15, -0.1) is 0 Å². The molecule has 1 aromatic carbocycles. The minimum Gasteiger partial charge on any atom is -0.487 e. The molecule has 0 aliphatic heterocycles. The Kier molecular flexibility index (Phi) is 4.83. The predicted octanol–water partition coefficient (Wildman–Crippen LogP) is 2.96. The molecule has 1 fully saturated rings. The van der Waals surface area contributed by atoms with Crippen molar-refractivity contribution in [2.75, 3.05) is 7.05 Å². The van der Waals surface area contributed by atoms with Crippen molar-refractivity contribution in [1.82, 2.24) is 5.32 Å². The molecule has 3 unspecified atom stereocenters. The molecule has 0 bridgehead atoms. The summed E-state index contributed by atoms with van der Waals surface area (Å²) < 4.78 is 6.09. The minimum atomic E-state index is -0.326. The van der Waals surface area contributed by atoms with Crippen LogP contribution in [0.2, 0.25) is 0 Å². The van der Waals surface area contributed by atoms with Crippen LogP contribution in [0.1, 0.15) is 49.8 Å².